The summed E-state index contributed by atoms with van der Waals surface area (Å²) in [4.78, 5) is 79.2. The molecule has 13 aromatic rings. The monoisotopic (exact) mass is 2660 g/mol. The number of aliphatic hydroxyl groups is 4. The fraction of sp³-hybridized carbons (Fsp3) is 0.231. The van der Waals surface area contributed by atoms with Gasteiger partial charge in [-0.2, -0.15) is 11.3 Å². The molecular formula is C104H106F2Ir4N8O8PtS2-4. The van der Waals surface area contributed by atoms with Gasteiger partial charge in [-0.05, 0) is 180 Å². The molecule has 8 bridgehead atoms. The first-order valence-electron chi connectivity index (χ1n) is 41.0. The van der Waals surface area contributed by atoms with E-state index in [-0.39, 0.29) is 153 Å². The number of aliphatic hydroxyl groups excluding tert-OH is 4. The maximum Gasteiger partial charge on any atom is 2.00 e. The summed E-state index contributed by atoms with van der Waals surface area (Å²) in [5.41, 5.74) is 24.9. The molecule has 0 spiro atoms. The third-order valence-corrected chi connectivity index (χ3v) is 20.5. The van der Waals surface area contributed by atoms with Gasteiger partial charge in [-0.15, -0.1) is 130 Å². The number of rotatable bonds is 16. The van der Waals surface area contributed by atoms with E-state index in [0.717, 1.165) is 146 Å². The van der Waals surface area contributed by atoms with E-state index >= 15 is 0 Å². The first-order valence-corrected chi connectivity index (χ1v) is 42.7. The second-order valence-electron chi connectivity index (χ2n) is 28.1. The Morgan fingerprint density at radius 2 is 0.729 bits per heavy atom. The number of ketones is 4. The Labute approximate surface area is 833 Å². The van der Waals surface area contributed by atoms with Crippen LogP contribution in [0.25, 0.3) is 108 Å². The fourth-order valence-electron chi connectivity index (χ4n) is 13.4. The van der Waals surface area contributed by atoms with Crippen LogP contribution in [0.3, 0.4) is 0 Å². The van der Waals surface area contributed by atoms with E-state index in [1.807, 2.05) is 115 Å². The maximum absolute atomic E-state index is 13.2. The maximum atomic E-state index is 13.2. The van der Waals surface area contributed by atoms with Gasteiger partial charge in [-0.3, -0.25) is 32.9 Å². The summed E-state index contributed by atoms with van der Waals surface area (Å²) in [6.07, 6.45) is 17.4. The van der Waals surface area contributed by atoms with Crippen molar-refractivity contribution in [1.82, 2.24) is 39.9 Å². The van der Waals surface area contributed by atoms with Gasteiger partial charge in [0.1, 0.15) is 0 Å². The molecule has 686 valence electrons. The van der Waals surface area contributed by atoms with Gasteiger partial charge < -0.3 is 45.3 Å². The van der Waals surface area contributed by atoms with Crippen LogP contribution in [-0.4, -0.2) is 73.5 Å². The van der Waals surface area contributed by atoms with Gasteiger partial charge in [0.15, 0.2) is 23.1 Å². The van der Waals surface area contributed by atoms with E-state index in [1.54, 1.807) is 53.3 Å². The molecule has 5 aromatic carbocycles. The molecule has 4 N–H and O–H groups in total. The normalized spacial score (nSPS) is 11.2. The molecule has 129 heavy (non-hydrogen) atoms. The van der Waals surface area contributed by atoms with E-state index in [4.69, 9.17) is 40.4 Å². The largest absolute Gasteiger partial charge is 2.00 e. The number of thiazole rings is 1. The average molecular weight is 2660 g/mol. The number of hydrogen-bond donors (Lipinski definition) is 4. The van der Waals surface area contributed by atoms with Crippen LogP contribution in [0, 0.1) is 35.9 Å². The summed E-state index contributed by atoms with van der Waals surface area (Å²) >= 11 is 3.44. The Balaban J connectivity index is 0.000000533. The van der Waals surface area contributed by atoms with Crippen molar-refractivity contribution in [2.24, 2.45) is 0 Å². The number of nitrogens with zero attached hydrogens (tertiary/aromatic N) is 8. The van der Waals surface area contributed by atoms with Gasteiger partial charge in [0.2, 0.25) is 0 Å². The number of allylic oxidation sites excluding steroid dienone is 12. The minimum atomic E-state index is -0.649. The Hall–Kier alpha value is -10.0. The molecule has 0 aliphatic carbocycles. The van der Waals surface area contributed by atoms with Crippen LogP contribution in [-0.2, 0) is 146 Å². The molecule has 8 aromatic heterocycles. The number of aromatic nitrogens is 8. The van der Waals surface area contributed by atoms with Gasteiger partial charge >= 0.3 is 21.1 Å². The molecule has 10 heterocycles. The second-order valence-corrected chi connectivity index (χ2v) is 30.2. The number of carbonyl (C=O) groups is 4. The number of pyridine rings is 3. The van der Waals surface area contributed by atoms with Crippen LogP contribution in [0.15, 0.2) is 254 Å². The number of fused-ring (bicyclic) bond motifs is 10. The molecule has 0 amide bonds. The summed E-state index contributed by atoms with van der Waals surface area (Å²) in [5, 5.41) is 35.7. The van der Waals surface area contributed by atoms with Gasteiger partial charge in [-0.25, -0.2) is 21.3 Å². The molecule has 0 fully saturated rings. The molecule has 0 unspecified atom stereocenters. The van der Waals surface area contributed by atoms with Crippen molar-refractivity contribution in [2.45, 2.75) is 162 Å². The summed E-state index contributed by atoms with van der Waals surface area (Å²) in [7, 11) is 0. The third-order valence-electron chi connectivity index (χ3n) is 18.4. The molecule has 0 saturated carbocycles. The first-order chi connectivity index (χ1) is 59.6. The van der Waals surface area contributed by atoms with Gasteiger partial charge in [0.25, 0.3) is 0 Å². The predicted molar refractivity (Wildman–Crippen MR) is 504 cm³/mol. The van der Waals surface area contributed by atoms with Crippen molar-refractivity contribution in [3.05, 3.63) is 335 Å². The summed E-state index contributed by atoms with van der Waals surface area (Å²) in [5.74, 6) is -1.54. The second kappa shape index (κ2) is 60.0. The topological polar surface area (TPSA) is 255 Å². The average Bonchev–Trinajstić information content (AvgIpc) is 1.61. The smallest absolute Gasteiger partial charge is 0.657 e. The molecule has 0 atom stereocenters. The number of thiophene rings is 1. The Morgan fingerprint density at radius 1 is 0.380 bits per heavy atom. The third kappa shape index (κ3) is 36.3. The fourth-order valence-corrected chi connectivity index (χ4v) is 15.3. The van der Waals surface area contributed by atoms with Crippen LogP contribution in [0.4, 0.5) is 8.78 Å². The van der Waals surface area contributed by atoms with Crippen LogP contribution in [0.2, 0.25) is 0 Å². The molecular weight excluding hydrogens is 2560 g/mol. The van der Waals surface area contributed by atoms with Crippen molar-refractivity contribution in [3.8, 4) is 43.7 Å². The number of hydrogen-bond acceptors (Lipinski definition) is 16. The van der Waals surface area contributed by atoms with E-state index in [9.17, 15) is 28.0 Å². The van der Waals surface area contributed by atoms with Crippen LogP contribution < -0.4 is 9.97 Å². The minimum absolute atomic E-state index is 0. The van der Waals surface area contributed by atoms with E-state index in [2.05, 4.69) is 148 Å². The van der Waals surface area contributed by atoms with Crippen molar-refractivity contribution in [1.29, 1.82) is 0 Å². The number of carbonyl (C=O) groups excluding carboxylic acids is 4. The zero-order chi connectivity index (χ0) is 90.4. The molecule has 4 radical (unpaired) electrons. The van der Waals surface area contributed by atoms with Crippen LogP contribution in [0.1, 0.15) is 181 Å². The summed E-state index contributed by atoms with van der Waals surface area (Å²) in [6, 6.07) is 72.2. The van der Waals surface area contributed by atoms with Gasteiger partial charge in [-0.1, -0.05) is 174 Å². The summed E-state index contributed by atoms with van der Waals surface area (Å²) < 4.78 is 28.3. The number of para-hydroxylation sites is 1. The zero-order valence-corrected chi connectivity index (χ0v) is 88.3. The van der Waals surface area contributed by atoms with Crippen molar-refractivity contribution in [2.75, 3.05) is 0 Å². The first kappa shape index (κ1) is 115. The Kier molecular flexibility index (Phi) is 53.6. The van der Waals surface area contributed by atoms with Crippen LogP contribution in [0.5, 0.6) is 0 Å². The number of benzene rings is 5. The molecule has 0 saturated heterocycles. The standard InChI is InChI=1S/C36H44N4.2C13H8NS.C11H6F2N.C11H8N.4C5H8O2.4Ir.Pt/c1-9-21-22(10-2)30-18-32-25(13-5)26(14-6)34(39-32)20-36-28(16-8)27(15-7)35(40-36)19-33-24(12-4)23(11-3)31(38-33)17-29(21)37-30;1-2-7-12-10(5-1)9-13(15-12)11-6-3-4-8-14-11;1-2-6-10(7-3-1)13-14-11-8-4-5-9-12(11)15-13;12-8-4-5-9(10(13)7-8)11-3-1-2-6-14-11;1-2-6-10(7-3-1)11-8-4-5-9-12-11;4*1-4(6)3-5(2)7;;;;;/h17-20H,9-16H2,1-8H3;1-8H;1-6,8-9H;1-4,6-7H;1-6,8-9H;4*3,6H,1-2H3;;;;;/q-2;4*-1;;;;;;;;;+2. The predicted octanol–water partition coefficient (Wildman–Crippen LogP) is 26.3. The molecule has 16 nitrogen and oxygen atoms in total. The SMILES string of the molecule is CC(=O)C=C(C)O.CC(=O)C=C(C)O.CC(=O)C=C(C)O.CC(=O)C=C(C)O.CCC1=C(CC)c2cc3[n-]c(cc4nc(cc5[n-]c(cc1n2)c(CC)c5CC)C(CC)=C4CC)c(CC)c3CC.Fc1c[c-]c(-c2ccccn2)c(F)c1.[Ir].[Ir].[Ir].[Ir].[Pt+2].[c-]1c(-c2ccccn2)sc2ccccc12.[c-]1ccccc1-c1ccccn1.[c-]1ccccc1-c1nc2ccccc2s1. The number of halogens is 2. The van der Waals surface area contributed by atoms with Crippen molar-refractivity contribution < 1.29 is 150 Å². The molecule has 25 heteroatoms. The Morgan fingerprint density at radius 3 is 1.05 bits per heavy atom. The van der Waals surface area contributed by atoms with Gasteiger partial charge in [0.05, 0.1) is 51.3 Å². The van der Waals surface area contributed by atoms with Crippen molar-refractivity contribution >= 4 is 110 Å². The van der Waals surface area contributed by atoms with E-state index < -0.39 is 11.6 Å². The van der Waals surface area contributed by atoms with Crippen LogP contribution >= 0.6 is 22.7 Å². The zero-order valence-electron chi connectivity index (χ0n) is 74.8. The van der Waals surface area contributed by atoms with E-state index in [0.29, 0.717) is 5.69 Å². The van der Waals surface area contributed by atoms with E-state index in [1.165, 1.54) is 139 Å². The quantitative estimate of drug-likeness (QED) is 0.0398. The number of aryl methyl sites for hydroxylation is 4. The van der Waals surface area contributed by atoms with Crippen molar-refractivity contribution in [3.63, 3.8) is 0 Å². The summed E-state index contributed by atoms with van der Waals surface area (Å²) in [6.45, 7) is 29.3. The Bertz CT molecular complexity index is 5560. The molecule has 2 aliphatic heterocycles. The minimum Gasteiger partial charge on any atom is -0.657 e. The molecule has 2 aliphatic rings. The van der Waals surface area contributed by atoms with Gasteiger partial charge in [0, 0.05) is 150 Å². The molecule has 15 rings (SSSR count).